The molecule has 0 radical (unpaired) electrons. The predicted molar refractivity (Wildman–Crippen MR) is 49.9 cm³/mol. The lowest BCUT2D eigenvalue weighted by molar-refractivity contribution is -0.132. The van der Waals surface area contributed by atoms with Crippen LogP contribution < -0.4 is 5.32 Å². The minimum absolute atomic E-state index is 0.207. The van der Waals surface area contributed by atoms with Crippen molar-refractivity contribution in [3.8, 4) is 0 Å². The lowest BCUT2D eigenvalue weighted by atomic mass is 10.2. The minimum Gasteiger partial charge on any atom is -0.332 e. The maximum absolute atomic E-state index is 10.9. The first kappa shape index (κ1) is 8.31. The van der Waals surface area contributed by atoms with Crippen molar-refractivity contribution in [1.29, 1.82) is 0 Å². The van der Waals surface area contributed by atoms with E-state index in [9.17, 15) is 9.59 Å². The molecule has 13 heavy (non-hydrogen) atoms. The number of carbonyl (C=O) groups is 2. The van der Waals surface area contributed by atoms with E-state index in [0.717, 1.165) is 17.3 Å². The van der Waals surface area contributed by atoms with Gasteiger partial charge in [0.1, 0.15) is 5.37 Å². The molecule has 1 amide bonds. The Morgan fingerprint density at radius 1 is 1.15 bits per heavy atom. The van der Waals surface area contributed by atoms with Gasteiger partial charge in [-0.15, -0.1) is 0 Å². The number of hydrogen-bond acceptors (Lipinski definition) is 3. The highest BCUT2D eigenvalue weighted by Crippen LogP contribution is 2.30. The molecule has 1 aliphatic heterocycles. The molecule has 1 aromatic rings. The molecule has 1 N–H and O–H groups in total. The monoisotopic (exact) mass is 193 g/mol. The molecule has 0 spiro atoms. The van der Waals surface area contributed by atoms with Crippen LogP contribution in [0.5, 0.6) is 0 Å². The van der Waals surface area contributed by atoms with Gasteiger partial charge in [0, 0.05) is 0 Å². The Labute approximate surface area is 79.5 Å². The average Bonchev–Trinajstić information content (AvgIpc) is 2.49. The van der Waals surface area contributed by atoms with Gasteiger partial charge < -0.3 is 5.32 Å². The van der Waals surface area contributed by atoms with Crippen LogP contribution in [0, 0.1) is 0 Å². The van der Waals surface area contributed by atoms with Gasteiger partial charge in [-0.2, -0.15) is 0 Å². The van der Waals surface area contributed by atoms with Crippen molar-refractivity contribution in [2.24, 2.45) is 0 Å². The van der Waals surface area contributed by atoms with Gasteiger partial charge in [0.15, 0.2) is 0 Å². The van der Waals surface area contributed by atoms with Crippen LogP contribution in [0.1, 0.15) is 10.9 Å². The van der Waals surface area contributed by atoms with Crippen molar-refractivity contribution in [3.63, 3.8) is 0 Å². The topological polar surface area (TPSA) is 46.2 Å². The second-order valence-electron chi connectivity index (χ2n) is 2.67. The quantitative estimate of drug-likeness (QED) is 0.679. The van der Waals surface area contributed by atoms with E-state index in [1.54, 1.807) is 0 Å². The summed E-state index contributed by atoms with van der Waals surface area (Å²) in [7, 11) is 0. The summed E-state index contributed by atoms with van der Waals surface area (Å²) in [4.78, 5) is 21.8. The van der Waals surface area contributed by atoms with Gasteiger partial charge in [-0.25, -0.2) is 0 Å². The molecule has 1 aromatic carbocycles. The second kappa shape index (κ2) is 3.22. The molecule has 4 heteroatoms. The SMILES string of the molecule is O=C1NC(c2ccccc2)SC1=O. The maximum Gasteiger partial charge on any atom is 0.299 e. The molecule has 0 aromatic heterocycles. The predicted octanol–water partition coefficient (Wildman–Crippen LogP) is 1.07. The van der Waals surface area contributed by atoms with Crippen molar-refractivity contribution in [1.82, 2.24) is 5.32 Å². The van der Waals surface area contributed by atoms with E-state index in [1.165, 1.54) is 0 Å². The highest BCUT2D eigenvalue weighted by Gasteiger charge is 2.31. The molecular weight excluding hydrogens is 186 g/mol. The number of hydrogen-bond donors (Lipinski definition) is 1. The third-order valence-corrected chi connectivity index (χ3v) is 2.80. The van der Waals surface area contributed by atoms with E-state index in [0.29, 0.717) is 0 Å². The van der Waals surface area contributed by atoms with Crippen LogP contribution in [0.3, 0.4) is 0 Å². The molecule has 1 heterocycles. The zero-order valence-corrected chi connectivity index (χ0v) is 7.51. The number of rotatable bonds is 1. The minimum atomic E-state index is -0.501. The first-order valence-corrected chi connectivity index (χ1v) is 4.72. The molecule has 1 fully saturated rings. The number of thioether (sulfide) groups is 1. The summed E-state index contributed by atoms with van der Waals surface area (Å²) in [6.45, 7) is 0. The third kappa shape index (κ3) is 1.58. The number of benzene rings is 1. The lowest BCUT2D eigenvalue weighted by Gasteiger charge is -2.06. The Balaban J connectivity index is 2.21. The summed E-state index contributed by atoms with van der Waals surface area (Å²) < 4.78 is 0. The molecule has 2 rings (SSSR count). The van der Waals surface area contributed by atoms with Gasteiger partial charge in [0.2, 0.25) is 0 Å². The van der Waals surface area contributed by atoms with Crippen LogP contribution in [-0.2, 0) is 9.59 Å². The second-order valence-corrected chi connectivity index (χ2v) is 3.75. The van der Waals surface area contributed by atoms with Crippen molar-refractivity contribution >= 4 is 22.8 Å². The fourth-order valence-electron chi connectivity index (χ4n) is 1.15. The lowest BCUT2D eigenvalue weighted by Crippen LogP contribution is -2.21. The van der Waals surface area contributed by atoms with E-state index < -0.39 is 11.0 Å². The summed E-state index contributed by atoms with van der Waals surface area (Å²) in [5.41, 5.74) is 0.951. The van der Waals surface area contributed by atoms with Crippen LogP contribution in [0.15, 0.2) is 30.3 Å². The zero-order valence-electron chi connectivity index (χ0n) is 6.69. The van der Waals surface area contributed by atoms with E-state index in [2.05, 4.69) is 5.32 Å². The molecule has 0 aliphatic carbocycles. The van der Waals surface area contributed by atoms with Gasteiger partial charge in [0.05, 0.1) is 0 Å². The summed E-state index contributed by atoms with van der Waals surface area (Å²) in [6.07, 6.45) is 0. The molecule has 1 saturated heterocycles. The maximum atomic E-state index is 10.9. The number of nitrogens with one attached hydrogen (secondary N) is 1. The van der Waals surface area contributed by atoms with Crippen molar-refractivity contribution in [2.45, 2.75) is 5.37 Å². The molecule has 1 atom stereocenters. The first-order chi connectivity index (χ1) is 6.27. The summed E-state index contributed by atoms with van der Waals surface area (Å²) >= 11 is 1.03. The standard InChI is InChI=1S/C9H7NO2S/c11-7-9(12)13-8(10-7)6-4-2-1-3-5-6/h1-5,8H,(H,10,11). The van der Waals surface area contributed by atoms with Gasteiger partial charge >= 0.3 is 0 Å². The van der Waals surface area contributed by atoms with E-state index in [4.69, 9.17) is 0 Å². The van der Waals surface area contributed by atoms with Crippen molar-refractivity contribution in [3.05, 3.63) is 35.9 Å². The Bertz CT molecular complexity index is 334. The zero-order chi connectivity index (χ0) is 9.26. The van der Waals surface area contributed by atoms with Crippen molar-refractivity contribution in [2.75, 3.05) is 0 Å². The summed E-state index contributed by atoms with van der Waals surface area (Å²) in [6, 6.07) is 9.43. The van der Waals surface area contributed by atoms with Crippen LogP contribution in [0.4, 0.5) is 0 Å². The average molecular weight is 193 g/mol. The summed E-state index contributed by atoms with van der Waals surface area (Å²) in [5.74, 6) is -0.501. The largest absolute Gasteiger partial charge is 0.332 e. The smallest absolute Gasteiger partial charge is 0.299 e. The van der Waals surface area contributed by atoms with Crippen LogP contribution in [-0.4, -0.2) is 11.0 Å². The van der Waals surface area contributed by atoms with Gasteiger partial charge in [-0.3, -0.25) is 9.59 Å². The molecule has 1 unspecified atom stereocenters. The van der Waals surface area contributed by atoms with Gasteiger partial charge in [-0.05, 0) is 17.3 Å². The first-order valence-electron chi connectivity index (χ1n) is 3.84. The number of amides is 1. The Morgan fingerprint density at radius 3 is 2.38 bits per heavy atom. The van der Waals surface area contributed by atoms with Gasteiger partial charge in [-0.1, -0.05) is 30.3 Å². The normalized spacial score (nSPS) is 21.7. The Hall–Kier alpha value is -1.29. The van der Waals surface area contributed by atoms with E-state index in [-0.39, 0.29) is 5.37 Å². The van der Waals surface area contributed by atoms with Gasteiger partial charge in [0.25, 0.3) is 11.0 Å². The molecular formula is C9H7NO2S. The molecule has 1 aliphatic rings. The fourth-order valence-corrected chi connectivity index (χ4v) is 1.99. The van der Waals surface area contributed by atoms with Crippen LogP contribution >= 0.6 is 11.8 Å². The van der Waals surface area contributed by atoms with Crippen LogP contribution in [0.25, 0.3) is 0 Å². The van der Waals surface area contributed by atoms with E-state index in [1.807, 2.05) is 30.3 Å². The molecule has 0 bridgehead atoms. The molecule has 0 saturated carbocycles. The van der Waals surface area contributed by atoms with Crippen LogP contribution in [0.2, 0.25) is 0 Å². The Kier molecular flexibility index (Phi) is 2.06. The highest BCUT2D eigenvalue weighted by atomic mass is 32.2. The number of carbonyl (C=O) groups excluding carboxylic acids is 2. The van der Waals surface area contributed by atoms with Crippen molar-refractivity contribution < 1.29 is 9.59 Å². The fraction of sp³-hybridized carbons (Fsp3) is 0.111. The Morgan fingerprint density at radius 2 is 1.85 bits per heavy atom. The molecule has 3 nitrogen and oxygen atoms in total. The summed E-state index contributed by atoms with van der Waals surface area (Å²) in [5, 5.41) is 1.98. The third-order valence-electron chi connectivity index (χ3n) is 1.77. The highest BCUT2D eigenvalue weighted by molar-refractivity contribution is 8.16. The molecule has 66 valence electrons. The van der Waals surface area contributed by atoms with E-state index >= 15 is 0 Å².